The fourth-order valence-corrected chi connectivity index (χ4v) is 2.32. The maximum atomic E-state index is 14.0. The number of fused-ring (bicyclic) bond motifs is 1. The first-order valence-electron chi connectivity index (χ1n) is 6.15. The summed E-state index contributed by atoms with van der Waals surface area (Å²) in [6.45, 7) is 1.77. The second-order valence-electron chi connectivity index (χ2n) is 4.58. The summed E-state index contributed by atoms with van der Waals surface area (Å²) in [6, 6.07) is 12.4. The van der Waals surface area contributed by atoms with Crippen molar-refractivity contribution in [3.05, 3.63) is 60.0 Å². The molecular weight excluding hydrogens is 241 g/mol. The largest absolute Gasteiger partial charge is 0.324 e. The van der Waals surface area contributed by atoms with Gasteiger partial charge in [0.25, 0.3) is 0 Å². The van der Waals surface area contributed by atoms with E-state index >= 15 is 0 Å². The number of aromatic nitrogens is 2. The number of nitrogens with two attached hydrogens (primary N) is 1. The predicted molar refractivity (Wildman–Crippen MR) is 73.6 cm³/mol. The van der Waals surface area contributed by atoms with Gasteiger partial charge in [0, 0.05) is 17.0 Å². The highest BCUT2D eigenvalue weighted by Crippen LogP contribution is 2.26. The molecule has 1 heterocycles. The fraction of sp³-hybridized carbons (Fsp3) is 0.133. The van der Waals surface area contributed by atoms with Gasteiger partial charge in [0.2, 0.25) is 0 Å². The van der Waals surface area contributed by atoms with Crippen LogP contribution in [0.15, 0.2) is 48.7 Å². The molecule has 0 radical (unpaired) electrons. The Bertz CT molecular complexity index is 731. The maximum absolute atomic E-state index is 14.0. The molecule has 2 aromatic carbocycles. The number of rotatable bonds is 2. The lowest BCUT2D eigenvalue weighted by Gasteiger charge is -2.14. The van der Waals surface area contributed by atoms with Crippen molar-refractivity contribution in [1.29, 1.82) is 0 Å². The van der Waals surface area contributed by atoms with Crippen molar-refractivity contribution >= 4 is 10.9 Å². The minimum Gasteiger partial charge on any atom is -0.324 e. The van der Waals surface area contributed by atoms with Crippen LogP contribution < -0.4 is 5.73 Å². The Kier molecular flexibility index (Phi) is 2.80. The number of hydrogen-bond donors (Lipinski definition) is 1. The van der Waals surface area contributed by atoms with Crippen molar-refractivity contribution in [2.45, 2.75) is 13.0 Å². The zero-order valence-corrected chi connectivity index (χ0v) is 10.5. The van der Waals surface area contributed by atoms with E-state index in [0.717, 1.165) is 10.9 Å². The van der Waals surface area contributed by atoms with E-state index in [1.165, 1.54) is 6.07 Å². The first kappa shape index (κ1) is 11.9. The van der Waals surface area contributed by atoms with E-state index in [9.17, 15) is 4.39 Å². The summed E-state index contributed by atoms with van der Waals surface area (Å²) in [5, 5.41) is 5.36. The van der Waals surface area contributed by atoms with Crippen LogP contribution in [0.2, 0.25) is 0 Å². The molecule has 19 heavy (non-hydrogen) atoms. The molecule has 0 unspecified atom stereocenters. The van der Waals surface area contributed by atoms with Crippen LogP contribution in [0.25, 0.3) is 16.6 Å². The van der Waals surface area contributed by atoms with E-state index in [2.05, 4.69) is 5.10 Å². The Hall–Kier alpha value is -2.20. The van der Waals surface area contributed by atoms with Gasteiger partial charge in [0.15, 0.2) is 0 Å². The van der Waals surface area contributed by atoms with E-state index < -0.39 is 0 Å². The van der Waals surface area contributed by atoms with E-state index in [-0.39, 0.29) is 11.9 Å². The van der Waals surface area contributed by atoms with Gasteiger partial charge in [-0.2, -0.15) is 5.10 Å². The molecule has 3 aromatic rings. The highest BCUT2D eigenvalue weighted by molar-refractivity contribution is 5.80. The molecule has 0 saturated carbocycles. The van der Waals surface area contributed by atoms with Gasteiger partial charge in [-0.3, -0.25) is 0 Å². The smallest absolute Gasteiger partial charge is 0.130 e. The Morgan fingerprint density at radius 1 is 1.16 bits per heavy atom. The molecule has 1 atom stereocenters. The van der Waals surface area contributed by atoms with Crippen molar-refractivity contribution in [2.75, 3.05) is 0 Å². The van der Waals surface area contributed by atoms with E-state index in [1.807, 2.05) is 30.3 Å². The summed E-state index contributed by atoms with van der Waals surface area (Å²) in [7, 11) is 0. The molecule has 2 N–H and O–H groups in total. The van der Waals surface area contributed by atoms with Gasteiger partial charge in [-0.15, -0.1) is 0 Å². The van der Waals surface area contributed by atoms with Crippen LogP contribution in [-0.4, -0.2) is 9.78 Å². The first-order chi connectivity index (χ1) is 9.18. The van der Waals surface area contributed by atoms with Gasteiger partial charge in [0.05, 0.1) is 17.4 Å². The molecule has 3 nitrogen and oxygen atoms in total. The average Bonchev–Trinajstić information content (AvgIpc) is 2.81. The molecule has 0 aliphatic heterocycles. The van der Waals surface area contributed by atoms with Gasteiger partial charge >= 0.3 is 0 Å². The number of nitrogens with zero attached hydrogens (tertiary/aromatic N) is 2. The molecular formula is C15H14FN3. The quantitative estimate of drug-likeness (QED) is 0.764. The van der Waals surface area contributed by atoms with Crippen LogP contribution in [-0.2, 0) is 0 Å². The van der Waals surface area contributed by atoms with Crippen molar-refractivity contribution in [1.82, 2.24) is 9.78 Å². The molecule has 1 aromatic heterocycles. The zero-order chi connectivity index (χ0) is 13.4. The van der Waals surface area contributed by atoms with Crippen molar-refractivity contribution in [2.24, 2.45) is 5.73 Å². The topological polar surface area (TPSA) is 43.8 Å². The van der Waals surface area contributed by atoms with Gasteiger partial charge < -0.3 is 5.73 Å². The second kappa shape index (κ2) is 4.48. The van der Waals surface area contributed by atoms with Crippen LogP contribution in [0.5, 0.6) is 0 Å². The van der Waals surface area contributed by atoms with Crippen LogP contribution in [0, 0.1) is 5.82 Å². The van der Waals surface area contributed by atoms with Crippen molar-refractivity contribution in [3.63, 3.8) is 0 Å². The molecule has 4 heteroatoms. The third-order valence-corrected chi connectivity index (χ3v) is 3.19. The lowest BCUT2D eigenvalue weighted by molar-refractivity contribution is 0.590. The highest BCUT2D eigenvalue weighted by Gasteiger charge is 2.15. The summed E-state index contributed by atoms with van der Waals surface area (Å²) in [5.41, 5.74) is 8.00. The number of benzene rings is 2. The van der Waals surface area contributed by atoms with Gasteiger partial charge in [-0.25, -0.2) is 9.07 Å². The molecule has 0 saturated heterocycles. The molecule has 0 aliphatic rings. The van der Waals surface area contributed by atoms with Gasteiger partial charge in [-0.1, -0.05) is 24.3 Å². The SMILES string of the molecule is C[C@H](N)c1c(F)cccc1-n1ncc2ccccc21. The second-order valence-corrected chi connectivity index (χ2v) is 4.58. The Balaban J connectivity index is 2.30. The minimum absolute atomic E-state index is 0.299. The summed E-state index contributed by atoms with van der Waals surface area (Å²) in [4.78, 5) is 0. The van der Waals surface area contributed by atoms with Gasteiger partial charge in [0.1, 0.15) is 5.82 Å². The zero-order valence-electron chi connectivity index (χ0n) is 10.5. The standard InChI is InChI=1S/C15H14FN3/c1-10(17)15-12(16)6-4-8-14(15)19-13-7-3-2-5-11(13)9-18-19/h2-10H,17H2,1H3/t10-/m0/s1. The summed E-state index contributed by atoms with van der Waals surface area (Å²) >= 11 is 0. The predicted octanol–water partition coefficient (Wildman–Crippen LogP) is 3.18. The van der Waals surface area contributed by atoms with Crippen LogP contribution in [0.1, 0.15) is 18.5 Å². The third-order valence-electron chi connectivity index (χ3n) is 3.19. The molecule has 0 bridgehead atoms. The number of halogens is 1. The van der Waals surface area contributed by atoms with Crippen LogP contribution >= 0.6 is 0 Å². The molecule has 0 spiro atoms. The van der Waals surface area contributed by atoms with E-state index in [1.54, 1.807) is 23.9 Å². The lowest BCUT2D eigenvalue weighted by Crippen LogP contribution is -2.12. The van der Waals surface area contributed by atoms with E-state index in [4.69, 9.17) is 5.73 Å². The molecule has 0 fully saturated rings. The van der Waals surface area contributed by atoms with E-state index in [0.29, 0.717) is 11.3 Å². The molecule has 96 valence electrons. The number of hydrogen-bond acceptors (Lipinski definition) is 2. The first-order valence-corrected chi connectivity index (χ1v) is 6.15. The Morgan fingerprint density at radius 3 is 2.74 bits per heavy atom. The monoisotopic (exact) mass is 255 g/mol. The van der Waals surface area contributed by atoms with Crippen LogP contribution in [0.4, 0.5) is 4.39 Å². The summed E-state index contributed by atoms with van der Waals surface area (Å²) in [6.07, 6.45) is 1.77. The van der Waals surface area contributed by atoms with Crippen LogP contribution in [0.3, 0.4) is 0 Å². The van der Waals surface area contributed by atoms with Gasteiger partial charge in [-0.05, 0) is 25.1 Å². The fourth-order valence-electron chi connectivity index (χ4n) is 2.32. The highest BCUT2D eigenvalue weighted by atomic mass is 19.1. The average molecular weight is 255 g/mol. The summed E-state index contributed by atoms with van der Waals surface area (Å²) in [5.74, 6) is -0.299. The lowest BCUT2D eigenvalue weighted by atomic mass is 10.1. The minimum atomic E-state index is -0.390. The summed E-state index contributed by atoms with van der Waals surface area (Å²) < 4.78 is 15.7. The molecule has 0 amide bonds. The Morgan fingerprint density at radius 2 is 1.95 bits per heavy atom. The van der Waals surface area contributed by atoms with Crippen molar-refractivity contribution < 1.29 is 4.39 Å². The maximum Gasteiger partial charge on any atom is 0.130 e. The molecule has 0 aliphatic carbocycles. The Labute approximate surface area is 110 Å². The number of para-hydroxylation sites is 1. The molecule has 3 rings (SSSR count). The normalized spacial score (nSPS) is 12.8. The third kappa shape index (κ3) is 1.90. The van der Waals surface area contributed by atoms with Crippen molar-refractivity contribution in [3.8, 4) is 5.69 Å².